The molecule has 28 heavy (non-hydrogen) atoms. The van der Waals surface area contributed by atoms with Crippen LogP contribution in [0.25, 0.3) is 22.1 Å². The van der Waals surface area contributed by atoms with E-state index in [2.05, 4.69) is 0 Å². The van der Waals surface area contributed by atoms with Crippen LogP contribution >= 0.6 is 0 Å². The van der Waals surface area contributed by atoms with E-state index in [4.69, 9.17) is 9.15 Å². The van der Waals surface area contributed by atoms with E-state index in [0.717, 1.165) is 37.3 Å². The molecule has 146 valence electrons. The Labute approximate surface area is 156 Å². The minimum Gasteiger partial charge on any atom is -0.450 e. The highest BCUT2D eigenvalue weighted by atomic mass is 19.4. The molecule has 1 heterocycles. The molecule has 0 aliphatic carbocycles. The number of hydrogen-bond donors (Lipinski definition) is 0. The summed E-state index contributed by atoms with van der Waals surface area (Å²) in [4.78, 5) is 24.2. The smallest absolute Gasteiger partial charge is 0.450 e. The maximum Gasteiger partial charge on any atom is 0.450 e. The van der Waals surface area contributed by atoms with Gasteiger partial charge in [0.1, 0.15) is 17.1 Å². The second-order valence-corrected chi connectivity index (χ2v) is 6.04. The average Bonchev–Trinajstić information content (AvgIpc) is 2.61. The van der Waals surface area contributed by atoms with Gasteiger partial charge in [0.15, 0.2) is 0 Å². The van der Waals surface area contributed by atoms with Gasteiger partial charge in [-0.2, -0.15) is 13.2 Å². The molecule has 0 saturated carbocycles. The predicted octanol–water partition coefficient (Wildman–Crippen LogP) is 5.11. The van der Waals surface area contributed by atoms with Gasteiger partial charge in [-0.15, -0.1) is 0 Å². The van der Waals surface area contributed by atoms with Crippen molar-refractivity contribution in [1.29, 1.82) is 0 Å². The average molecular weight is 394 g/mol. The van der Waals surface area contributed by atoms with Gasteiger partial charge in [-0.05, 0) is 35.7 Å². The van der Waals surface area contributed by atoms with E-state index in [-0.39, 0.29) is 22.3 Å². The first-order chi connectivity index (χ1) is 13.1. The highest BCUT2D eigenvalue weighted by molar-refractivity contribution is 5.86. The topological polar surface area (TPSA) is 56.5 Å². The van der Waals surface area contributed by atoms with Gasteiger partial charge in [0.25, 0.3) is 0 Å². The largest absolute Gasteiger partial charge is 0.450 e. The molecular weight excluding hydrogens is 380 g/mol. The summed E-state index contributed by atoms with van der Waals surface area (Å²) in [7, 11) is 0. The Hall–Kier alpha value is -3.16. The number of carbonyl (C=O) groups excluding carboxylic acids is 1. The zero-order valence-corrected chi connectivity index (χ0v) is 14.8. The summed E-state index contributed by atoms with van der Waals surface area (Å²) in [5, 5.41) is -0.0972. The highest BCUT2D eigenvalue weighted by Crippen LogP contribution is 2.38. The van der Waals surface area contributed by atoms with Crippen LogP contribution in [0.15, 0.2) is 45.6 Å². The van der Waals surface area contributed by atoms with Gasteiger partial charge in [-0.1, -0.05) is 19.1 Å². The van der Waals surface area contributed by atoms with Crippen LogP contribution in [0.1, 0.15) is 25.2 Å². The number of ether oxygens (including phenoxy) is 1. The van der Waals surface area contributed by atoms with Crippen molar-refractivity contribution in [2.45, 2.75) is 26.4 Å². The molecule has 8 heteroatoms. The second kappa shape index (κ2) is 7.10. The lowest BCUT2D eigenvalue weighted by Gasteiger charge is -2.14. The Bertz CT molecular complexity index is 1110. The molecule has 2 aromatic carbocycles. The van der Waals surface area contributed by atoms with E-state index >= 15 is 0 Å². The van der Waals surface area contributed by atoms with Crippen molar-refractivity contribution in [3.8, 4) is 16.9 Å². The predicted molar refractivity (Wildman–Crippen MR) is 93.6 cm³/mol. The number of fused-ring (bicyclic) bond motifs is 1. The molecule has 0 unspecified atom stereocenters. The summed E-state index contributed by atoms with van der Waals surface area (Å²) in [6.07, 6.45) is -4.60. The molecule has 3 rings (SSSR count). The molecule has 0 aliphatic rings. The van der Waals surface area contributed by atoms with E-state index in [1.54, 1.807) is 6.92 Å². The first-order valence-electron chi connectivity index (χ1n) is 8.27. The number of halogens is 4. The van der Waals surface area contributed by atoms with Gasteiger partial charge in [0.2, 0.25) is 11.2 Å². The Morgan fingerprint density at radius 1 is 1.14 bits per heavy atom. The molecule has 4 nitrogen and oxygen atoms in total. The molecule has 0 fully saturated rings. The van der Waals surface area contributed by atoms with E-state index < -0.39 is 34.7 Å². The van der Waals surface area contributed by atoms with Crippen molar-refractivity contribution in [2.24, 2.45) is 0 Å². The van der Waals surface area contributed by atoms with Gasteiger partial charge < -0.3 is 9.15 Å². The fourth-order valence-corrected chi connectivity index (χ4v) is 2.87. The van der Waals surface area contributed by atoms with Crippen molar-refractivity contribution >= 4 is 16.9 Å². The molecule has 0 aliphatic heterocycles. The first-order valence-corrected chi connectivity index (χ1v) is 8.27. The van der Waals surface area contributed by atoms with Gasteiger partial charge in [-0.25, -0.2) is 4.39 Å². The van der Waals surface area contributed by atoms with Gasteiger partial charge >= 0.3 is 12.1 Å². The number of rotatable bonds is 3. The van der Waals surface area contributed by atoms with Crippen LogP contribution in [-0.4, -0.2) is 5.97 Å². The number of hydrogen-bond acceptors (Lipinski definition) is 4. The Morgan fingerprint density at radius 2 is 1.79 bits per heavy atom. The number of esters is 1. The fraction of sp³-hybridized carbons (Fsp3) is 0.200. The molecule has 0 amide bonds. The summed E-state index contributed by atoms with van der Waals surface area (Å²) in [6.45, 7) is 2.89. The highest BCUT2D eigenvalue weighted by Gasteiger charge is 2.39. The lowest BCUT2D eigenvalue weighted by molar-refractivity contribution is -0.152. The molecule has 0 bridgehead atoms. The van der Waals surface area contributed by atoms with Gasteiger partial charge in [-0.3, -0.25) is 9.59 Å². The zero-order chi connectivity index (χ0) is 20.6. The number of aryl methyl sites for hydroxylation is 1. The third-order valence-electron chi connectivity index (χ3n) is 4.10. The first kappa shape index (κ1) is 19.6. The third kappa shape index (κ3) is 3.62. The van der Waals surface area contributed by atoms with E-state index in [1.165, 1.54) is 6.07 Å². The van der Waals surface area contributed by atoms with Crippen molar-refractivity contribution in [1.82, 2.24) is 0 Å². The molecular formula is C20H14F4O4. The van der Waals surface area contributed by atoms with Crippen molar-refractivity contribution in [3.05, 3.63) is 63.8 Å². The normalized spacial score (nSPS) is 11.6. The molecule has 0 N–H and O–H groups in total. The zero-order valence-electron chi connectivity index (χ0n) is 14.8. The molecule has 0 atom stereocenters. The van der Waals surface area contributed by atoms with E-state index in [9.17, 15) is 27.2 Å². The monoisotopic (exact) mass is 394 g/mol. The summed E-state index contributed by atoms with van der Waals surface area (Å²) in [6, 6.07) is 6.52. The van der Waals surface area contributed by atoms with E-state index in [1.807, 2.05) is 0 Å². The molecule has 0 spiro atoms. The fourth-order valence-electron chi connectivity index (χ4n) is 2.87. The SMILES string of the molecule is CCc1cc2c(=O)c(-c3ccc(F)cc3)c(C(F)(F)F)oc2cc1OC(C)=O. The van der Waals surface area contributed by atoms with Gasteiger partial charge in [0.05, 0.1) is 10.9 Å². The maximum absolute atomic E-state index is 13.6. The van der Waals surface area contributed by atoms with Crippen molar-refractivity contribution < 1.29 is 31.5 Å². The second-order valence-electron chi connectivity index (χ2n) is 6.04. The molecule has 0 radical (unpaired) electrons. The number of carbonyl (C=O) groups is 1. The molecule has 1 aromatic heterocycles. The van der Waals surface area contributed by atoms with Gasteiger partial charge in [0, 0.05) is 13.0 Å². The summed E-state index contributed by atoms with van der Waals surface area (Å²) >= 11 is 0. The Morgan fingerprint density at radius 3 is 2.32 bits per heavy atom. The standard InChI is InChI=1S/C20H14F4O4/c1-3-11-8-14-16(9-15(11)27-10(2)25)28-19(20(22,23)24)17(18(14)26)12-4-6-13(21)7-5-12/h4-9H,3H2,1-2H3. The van der Waals surface area contributed by atoms with Crippen LogP contribution in [-0.2, 0) is 17.4 Å². The minimum absolute atomic E-state index is 0.0216. The molecule has 3 aromatic rings. The lowest BCUT2D eigenvalue weighted by Crippen LogP contribution is -2.16. The summed E-state index contributed by atoms with van der Waals surface area (Å²) in [5.74, 6) is -2.79. The van der Waals surface area contributed by atoms with Crippen LogP contribution in [0.2, 0.25) is 0 Å². The quantitative estimate of drug-likeness (QED) is 0.352. The Balaban J connectivity index is 2.39. The van der Waals surface area contributed by atoms with Crippen LogP contribution in [0.5, 0.6) is 5.75 Å². The van der Waals surface area contributed by atoms with Crippen LogP contribution in [0.4, 0.5) is 17.6 Å². The maximum atomic E-state index is 13.6. The summed E-state index contributed by atoms with van der Waals surface area (Å²) in [5.41, 5.74) is -1.64. The third-order valence-corrected chi connectivity index (χ3v) is 4.10. The van der Waals surface area contributed by atoms with Crippen LogP contribution in [0.3, 0.4) is 0 Å². The van der Waals surface area contributed by atoms with Crippen molar-refractivity contribution in [2.75, 3.05) is 0 Å². The Kier molecular flexibility index (Phi) is 4.97. The minimum atomic E-state index is -4.97. The molecule has 0 saturated heterocycles. The number of benzene rings is 2. The number of alkyl halides is 3. The lowest BCUT2D eigenvalue weighted by atomic mass is 10.00. The van der Waals surface area contributed by atoms with Crippen LogP contribution in [0, 0.1) is 5.82 Å². The summed E-state index contributed by atoms with van der Waals surface area (Å²) < 4.78 is 64.0. The van der Waals surface area contributed by atoms with E-state index in [0.29, 0.717) is 12.0 Å². The van der Waals surface area contributed by atoms with Crippen molar-refractivity contribution in [3.63, 3.8) is 0 Å². The van der Waals surface area contributed by atoms with Crippen LogP contribution < -0.4 is 10.2 Å².